The van der Waals surface area contributed by atoms with Gasteiger partial charge in [0, 0.05) is 30.3 Å². The molecule has 0 saturated heterocycles. The molecule has 0 spiro atoms. The molecule has 0 aromatic carbocycles. The number of hydrogen-bond acceptors (Lipinski definition) is 4. The van der Waals surface area contributed by atoms with Crippen molar-refractivity contribution in [2.45, 2.75) is 34.1 Å². The molecular weight excluding hydrogens is 322 g/mol. The second-order valence-electron chi connectivity index (χ2n) is 6.65. The zero-order valence-electron chi connectivity index (χ0n) is 14.5. The summed E-state index contributed by atoms with van der Waals surface area (Å²) >= 11 is 1.30. The van der Waals surface area contributed by atoms with Gasteiger partial charge in [-0.05, 0) is 30.7 Å². The number of pyridine rings is 1. The summed E-state index contributed by atoms with van der Waals surface area (Å²) in [6.07, 6.45) is 2.43. The number of nitrogens with one attached hydrogen (secondary N) is 2. The average molecular weight is 345 g/mol. The largest absolute Gasteiger partial charge is 0.351 e. The summed E-state index contributed by atoms with van der Waals surface area (Å²) in [6.45, 7) is 7.96. The van der Waals surface area contributed by atoms with Crippen LogP contribution in [0.3, 0.4) is 0 Å². The first kappa shape index (κ1) is 18.1. The molecule has 0 unspecified atom stereocenters. The molecule has 2 N–H and O–H groups in total. The van der Waals surface area contributed by atoms with E-state index in [1.165, 1.54) is 11.3 Å². The van der Waals surface area contributed by atoms with Crippen LogP contribution in [-0.2, 0) is 11.2 Å². The summed E-state index contributed by atoms with van der Waals surface area (Å²) in [6, 6.07) is 7.56. The van der Waals surface area contributed by atoms with Gasteiger partial charge in [-0.25, -0.2) is 0 Å². The van der Waals surface area contributed by atoms with Crippen LogP contribution >= 0.6 is 11.3 Å². The van der Waals surface area contributed by atoms with Gasteiger partial charge in [-0.1, -0.05) is 26.8 Å². The van der Waals surface area contributed by atoms with E-state index in [2.05, 4.69) is 15.6 Å². The van der Waals surface area contributed by atoms with E-state index in [-0.39, 0.29) is 11.8 Å². The van der Waals surface area contributed by atoms with Gasteiger partial charge in [-0.15, -0.1) is 11.3 Å². The van der Waals surface area contributed by atoms with Crippen LogP contribution in [0.1, 0.15) is 41.7 Å². The van der Waals surface area contributed by atoms with Crippen molar-refractivity contribution in [3.8, 4) is 0 Å². The third-order valence-electron chi connectivity index (χ3n) is 3.43. The molecule has 128 valence electrons. The van der Waals surface area contributed by atoms with Gasteiger partial charge in [-0.2, -0.15) is 0 Å². The second-order valence-corrected chi connectivity index (χ2v) is 7.71. The summed E-state index contributed by atoms with van der Waals surface area (Å²) in [5.41, 5.74) is 1.33. The maximum atomic E-state index is 12.3. The van der Waals surface area contributed by atoms with Crippen molar-refractivity contribution >= 4 is 28.2 Å². The van der Waals surface area contributed by atoms with Crippen molar-refractivity contribution in [1.29, 1.82) is 0 Å². The average Bonchev–Trinajstić information content (AvgIpc) is 2.88. The van der Waals surface area contributed by atoms with Crippen molar-refractivity contribution in [3.63, 3.8) is 0 Å². The fourth-order valence-corrected chi connectivity index (χ4v) is 2.98. The van der Waals surface area contributed by atoms with Gasteiger partial charge in [0.05, 0.1) is 9.88 Å². The van der Waals surface area contributed by atoms with E-state index in [0.717, 1.165) is 11.3 Å². The van der Waals surface area contributed by atoms with E-state index >= 15 is 0 Å². The van der Waals surface area contributed by atoms with E-state index in [4.69, 9.17) is 0 Å². The van der Waals surface area contributed by atoms with Crippen molar-refractivity contribution in [1.82, 2.24) is 10.3 Å². The molecule has 2 rings (SSSR count). The number of carbonyl (C=O) groups excluding carboxylic acids is 2. The van der Waals surface area contributed by atoms with E-state index < -0.39 is 5.41 Å². The molecule has 0 atom stereocenters. The molecule has 0 aliphatic carbocycles. The molecule has 0 saturated carbocycles. The van der Waals surface area contributed by atoms with Gasteiger partial charge < -0.3 is 10.6 Å². The van der Waals surface area contributed by atoms with Crippen LogP contribution in [0, 0.1) is 12.3 Å². The first-order chi connectivity index (χ1) is 11.3. The lowest BCUT2D eigenvalue weighted by Gasteiger charge is -2.16. The van der Waals surface area contributed by atoms with Crippen LogP contribution in [0.2, 0.25) is 0 Å². The zero-order chi connectivity index (χ0) is 17.7. The van der Waals surface area contributed by atoms with Crippen molar-refractivity contribution < 1.29 is 9.59 Å². The van der Waals surface area contributed by atoms with E-state index in [1.807, 2.05) is 52.0 Å². The van der Waals surface area contributed by atoms with E-state index in [1.54, 1.807) is 6.20 Å². The maximum Gasteiger partial charge on any atom is 0.261 e. The molecule has 5 nitrogen and oxygen atoms in total. The molecule has 2 amide bonds. The highest BCUT2D eigenvalue weighted by Gasteiger charge is 2.22. The van der Waals surface area contributed by atoms with Crippen LogP contribution < -0.4 is 10.6 Å². The Morgan fingerprint density at radius 2 is 2.00 bits per heavy atom. The number of rotatable bonds is 5. The zero-order valence-corrected chi connectivity index (χ0v) is 15.3. The van der Waals surface area contributed by atoms with Gasteiger partial charge in [0.2, 0.25) is 5.91 Å². The van der Waals surface area contributed by atoms with E-state index in [0.29, 0.717) is 22.8 Å². The normalized spacial score (nSPS) is 11.2. The second kappa shape index (κ2) is 7.57. The van der Waals surface area contributed by atoms with Crippen molar-refractivity contribution in [2.24, 2.45) is 5.41 Å². The van der Waals surface area contributed by atoms with Crippen LogP contribution in [0.25, 0.3) is 0 Å². The molecule has 0 fully saturated rings. The Hall–Kier alpha value is -2.21. The molecule has 0 aliphatic rings. The minimum absolute atomic E-state index is 0.0640. The Kier molecular flexibility index (Phi) is 5.72. The molecule has 0 bridgehead atoms. The highest BCUT2D eigenvalue weighted by atomic mass is 32.1. The minimum atomic E-state index is -0.469. The molecule has 2 heterocycles. The smallest absolute Gasteiger partial charge is 0.261 e. The Balaban J connectivity index is 1.94. The third-order valence-corrected chi connectivity index (χ3v) is 4.59. The molecule has 2 aromatic heterocycles. The Bertz CT molecular complexity index is 718. The highest BCUT2D eigenvalue weighted by molar-refractivity contribution is 7.18. The van der Waals surface area contributed by atoms with Crippen molar-refractivity contribution in [2.75, 3.05) is 11.9 Å². The monoisotopic (exact) mass is 345 g/mol. The predicted molar refractivity (Wildman–Crippen MR) is 97.4 cm³/mol. The number of nitrogens with zero attached hydrogens (tertiary/aromatic N) is 1. The van der Waals surface area contributed by atoms with Crippen LogP contribution in [-0.4, -0.2) is 23.3 Å². The van der Waals surface area contributed by atoms with Gasteiger partial charge in [0.25, 0.3) is 5.91 Å². The molecule has 6 heteroatoms. The van der Waals surface area contributed by atoms with Gasteiger partial charge in [0.1, 0.15) is 0 Å². The summed E-state index contributed by atoms with van der Waals surface area (Å²) in [5, 5.41) is 6.47. The minimum Gasteiger partial charge on any atom is -0.351 e. The number of carbonyl (C=O) groups is 2. The first-order valence-corrected chi connectivity index (χ1v) is 8.69. The quantitative estimate of drug-likeness (QED) is 0.872. The lowest BCUT2D eigenvalue weighted by Crippen LogP contribution is -2.27. The molecular formula is C18H23N3O2S. The highest BCUT2D eigenvalue weighted by Crippen LogP contribution is 2.28. The summed E-state index contributed by atoms with van der Waals surface area (Å²) < 4.78 is 0. The maximum absolute atomic E-state index is 12.3. The first-order valence-electron chi connectivity index (χ1n) is 7.87. The number of aryl methyl sites for hydroxylation is 1. The molecule has 2 aromatic rings. The van der Waals surface area contributed by atoms with Crippen LogP contribution in [0.15, 0.2) is 30.5 Å². The van der Waals surface area contributed by atoms with Gasteiger partial charge >= 0.3 is 0 Å². The van der Waals surface area contributed by atoms with E-state index in [9.17, 15) is 9.59 Å². The van der Waals surface area contributed by atoms with Gasteiger partial charge in [-0.3, -0.25) is 14.6 Å². The van der Waals surface area contributed by atoms with Gasteiger partial charge in [0.15, 0.2) is 0 Å². The fraction of sp³-hybridized carbons (Fsp3) is 0.389. The summed E-state index contributed by atoms with van der Waals surface area (Å²) in [4.78, 5) is 29.2. The number of thiophene rings is 1. The van der Waals surface area contributed by atoms with Crippen LogP contribution in [0.5, 0.6) is 0 Å². The Morgan fingerprint density at radius 1 is 1.25 bits per heavy atom. The number of anilines is 1. The summed E-state index contributed by atoms with van der Waals surface area (Å²) in [7, 11) is 0. The standard InChI is InChI=1S/C18H23N3O2S/c1-12-11-14(21-17(23)18(2,3)4)24-15(12)16(22)20-10-8-13-7-5-6-9-19-13/h5-7,9,11H,8,10H2,1-4H3,(H,20,22)(H,21,23). The predicted octanol–water partition coefficient (Wildman–Crippen LogP) is 3.41. The topological polar surface area (TPSA) is 71.1 Å². The van der Waals surface area contributed by atoms with Crippen LogP contribution in [0.4, 0.5) is 5.00 Å². The number of aromatic nitrogens is 1. The lowest BCUT2D eigenvalue weighted by atomic mass is 9.96. The lowest BCUT2D eigenvalue weighted by molar-refractivity contribution is -0.123. The fourth-order valence-electron chi connectivity index (χ4n) is 2.00. The number of amides is 2. The third kappa shape index (κ3) is 4.89. The molecule has 0 radical (unpaired) electrons. The Labute approximate surface area is 146 Å². The molecule has 24 heavy (non-hydrogen) atoms. The van der Waals surface area contributed by atoms with Crippen molar-refractivity contribution in [3.05, 3.63) is 46.6 Å². The number of hydrogen-bond donors (Lipinski definition) is 2. The SMILES string of the molecule is Cc1cc(NC(=O)C(C)(C)C)sc1C(=O)NCCc1ccccn1. The molecule has 0 aliphatic heterocycles. The summed E-state index contributed by atoms with van der Waals surface area (Å²) in [5.74, 6) is -0.185. The Morgan fingerprint density at radius 3 is 2.62 bits per heavy atom.